The molecule has 0 N–H and O–H groups in total. The molecule has 0 aliphatic heterocycles. The Balaban J connectivity index is 3.45. The van der Waals surface area contributed by atoms with E-state index in [9.17, 15) is 14.4 Å². The van der Waals surface area contributed by atoms with Crippen LogP contribution in [-0.4, -0.2) is 78.9 Å². The van der Waals surface area contributed by atoms with Gasteiger partial charge in [-0.25, -0.2) is 14.4 Å². The fourth-order valence-electron chi connectivity index (χ4n) is 1.24. The highest BCUT2D eigenvalue weighted by molar-refractivity contribution is 5.87. The molecule has 0 spiro atoms. The highest BCUT2D eigenvalue weighted by Gasteiger charge is 2.08. The molecule has 0 aromatic carbocycles. The van der Waals surface area contributed by atoms with Crippen molar-refractivity contribution in [1.82, 2.24) is 0 Å². The Morgan fingerprint density at radius 3 is 1.81 bits per heavy atom. The highest BCUT2D eigenvalue weighted by atomic mass is 16.7. The molecule has 0 bridgehead atoms. The van der Waals surface area contributed by atoms with Crippen molar-refractivity contribution in [2.75, 3.05) is 60.8 Å². The average molecular weight is 392 g/mol. The maximum absolute atomic E-state index is 11.2. The zero-order valence-electron chi connectivity index (χ0n) is 15.4. The van der Waals surface area contributed by atoms with E-state index in [1.165, 1.54) is 14.2 Å². The Labute approximate surface area is 156 Å². The van der Waals surface area contributed by atoms with Crippen LogP contribution in [0.2, 0.25) is 0 Å². The van der Waals surface area contributed by atoms with E-state index in [-0.39, 0.29) is 58.0 Å². The number of rotatable bonds is 15. The van der Waals surface area contributed by atoms with Gasteiger partial charge >= 0.3 is 18.1 Å². The van der Waals surface area contributed by atoms with Crippen molar-refractivity contribution in [3.63, 3.8) is 0 Å². The van der Waals surface area contributed by atoms with Gasteiger partial charge in [-0.15, -0.1) is 0 Å². The van der Waals surface area contributed by atoms with Gasteiger partial charge in [0.15, 0.2) is 12.6 Å². The number of hydrogen-bond acceptors (Lipinski definition) is 11. The summed E-state index contributed by atoms with van der Waals surface area (Å²) in [5, 5.41) is 0. The quantitative estimate of drug-likeness (QED) is 0.0968. The molecule has 0 saturated carbocycles. The van der Waals surface area contributed by atoms with E-state index in [4.69, 9.17) is 28.4 Å². The zero-order chi connectivity index (χ0) is 20.5. The third-order valence-corrected chi connectivity index (χ3v) is 2.54. The lowest BCUT2D eigenvalue weighted by Crippen LogP contribution is -2.17. The van der Waals surface area contributed by atoms with Crippen LogP contribution in [0.4, 0.5) is 4.79 Å². The van der Waals surface area contributed by atoms with Gasteiger partial charge in [-0.05, 0) is 6.58 Å². The minimum absolute atomic E-state index is 0.0258. The lowest BCUT2D eigenvalue weighted by Gasteiger charge is -2.09. The summed E-state index contributed by atoms with van der Waals surface area (Å²) in [5.41, 5.74) is 0.156. The van der Waals surface area contributed by atoms with Crippen LogP contribution in [0.25, 0.3) is 0 Å². The summed E-state index contributed by atoms with van der Waals surface area (Å²) in [7, 11) is 2.43. The van der Waals surface area contributed by atoms with Gasteiger partial charge in [0.2, 0.25) is 0 Å². The summed E-state index contributed by atoms with van der Waals surface area (Å²) in [4.78, 5) is 33.2. The van der Waals surface area contributed by atoms with E-state index in [1.807, 2.05) is 0 Å². The van der Waals surface area contributed by atoms with Crippen LogP contribution in [0.1, 0.15) is 0 Å². The molecular weight excluding hydrogens is 368 g/mol. The summed E-state index contributed by atoms with van der Waals surface area (Å²) >= 11 is 0. The molecule has 0 aromatic rings. The van der Waals surface area contributed by atoms with Gasteiger partial charge in [0, 0.05) is 0 Å². The molecule has 0 unspecified atom stereocenters. The first-order valence-electron chi connectivity index (χ1n) is 7.61. The van der Waals surface area contributed by atoms with Gasteiger partial charge in [-0.2, -0.15) is 0 Å². The molecule has 0 heterocycles. The SMILES string of the molecule is C=C(COCOCCOC(=O)OCCOCOC(=C)C(=O)OC)C(=O)OC. The fraction of sp³-hybridized carbons (Fsp3) is 0.562. The molecule has 154 valence electrons. The smallest absolute Gasteiger partial charge is 0.466 e. The van der Waals surface area contributed by atoms with Crippen molar-refractivity contribution in [1.29, 1.82) is 0 Å². The second kappa shape index (κ2) is 15.6. The van der Waals surface area contributed by atoms with Crippen molar-refractivity contribution in [2.24, 2.45) is 0 Å². The second-order valence-electron chi connectivity index (χ2n) is 4.50. The Morgan fingerprint density at radius 2 is 1.26 bits per heavy atom. The van der Waals surface area contributed by atoms with Crippen molar-refractivity contribution >= 4 is 18.1 Å². The maximum atomic E-state index is 11.2. The normalized spacial score (nSPS) is 9.85. The van der Waals surface area contributed by atoms with Crippen molar-refractivity contribution in [3.8, 4) is 0 Å². The van der Waals surface area contributed by atoms with E-state index in [1.54, 1.807) is 0 Å². The van der Waals surface area contributed by atoms with E-state index >= 15 is 0 Å². The van der Waals surface area contributed by atoms with E-state index in [0.29, 0.717) is 0 Å². The van der Waals surface area contributed by atoms with Gasteiger partial charge in [0.25, 0.3) is 0 Å². The summed E-state index contributed by atoms with van der Waals surface area (Å²) in [6.07, 6.45) is -0.901. The molecule has 0 atom stereocenters. The monoisotopic (exact) mass is 392 g/mol. The molecule has 11 nitrogen and oxygen atoms in total. The highest BCUT2D eigenvalue weighted by Crippen LogP contribution is 1.97. The fourth-order valence-corrected chi connectivity index (χ4v) is 1.24. The van der Waals surface area contributed by atoms with Crippen molar-refractivity contribution in [3.05, 3.63) is 24.5 Å². The standard InChI is InChI=1S/C16H24O11/c1-12(14(17)20-3)9-24-10-22-5-7-25-16(19)26-8-6-23-11-27-13(2)15(18)21-4/h1-2,5-11H2,3-4H3. The summed E-state index contributed by atoms with van der Waals surface area (Å²) in [6, 6.07) is 0. The predicted molar refractivity (Wildman–Crippen MR) is 88.3 cm³/mol. The van der Waals surface area contributed by atoms with Crippen LogP contribution in [0, 0.1) is 0 Å². The van der Waals surface area contributed by atoms with Crippen LogP contribution >= 0.6 is 0 Å². The third kappa shape index (κ3) is 13.3. The number of carbonyl (C=O) groups is 3. The molecule has 27 heavy (non-hydrogen) atoms. The first-order valence-corrected chi connectivity index (χ1v) is 7.61. The number of methoxy groups -OCH3 is 2. The van der Waals surface area contributed by atoms with E-state index in [2.05, 4.69) is 22.6 Å². The Hall–Kier alpha value is -2.63. The zero-order valence-corrected chi connectivity index (χ0v) is 15.4. The lowest BCUT2D eigenvalue weighted by molar-refractivity contribution is -0.143. The Morgan fingerprint density at radius 1 is 0.704 bits per heavy atom. The van der Waals surface area contributed by atoms with Crippen LogP contribution in [0.15, 0.2) is 24.5 Å². The van der Waals surface area contributed by atoms with Crippen LogP contribution < -0.4 is 0 Å². The number of carbonyl (C=O) groups excluding carboxylic acids is 3. The molecule has 0 aromatic heterocycles. The second-order valence-corrected chi connectivity index (χ2v) is 4.50. The molecule has 0 amide bonds. The number of ether oxygens (including phenoxy) is 8. The lowest BCUT2D eigenvalue weighted by atomic mass is 10.3. The van der Waals surface area contributed by atoms with Crippen molar-refractivity contribution < 1.29 is 52.3 Å². The van der Waals surface area contributed by atoms with Crippen LogP contribution in [0.5, 0.6) is 0 Å². The van der Waals surface area contributed by atoms with Gasteiger partial charge in [0.05, 0.1) is 39.6 Å². The average Bonchev–Trinajstić information content (AvgIpc) is 2.67. The maximum Gasteiger partial charge on any atom is 0.508 e. The molecule has 0 aliphatic carbocycles. The van der Waals surface area contributed by atoms with E-state index < -0.39 is 18.1 Å². The molecule has 0 aliphatic rings. The van der Waals surface area contributed by atoms with Gasteiger partial charge in [-0.3, -0.25) is 0 Å². The minimum Gasteiger partial charge on any atom is -0.466 e. The van der Waals surface area contributed by atoms with Gasteiger partial charge < -0.3 is 37.9 Å². The molecule has 0 saturated heterocycles. The first kappa shape index (κ1) is 24.4. The predicted octanol–water partition coefficient (Wildman–Crippen LogP) is 0.537. The summed E-state index contributed by atoms with van der Waals surface area (Å²) in [5.74, 6) is -1.47. The topological polar surface area (TPSA) is 125 Å². The molecule has 11 heteroatoms. The Kier molecular flexibility index (Phi) is 14.1. The van der Waals surface area contributed by atoms with Gasteiger partial charge in [0.1, 0.15) is 20.0 Å². The summed E-state index contributed by atoms with van der Waals surface area (Å²) < 4.78 is 38.1. The number of hydrogen-bond donors (Lipinski definition) is 0. The summed E-state index contributed by atoms with van der Waals surface area (Å²) in [6.45, 7) is 6.36. The molecule has 0 fully saturated rings. The van der Waals surface area contributed by atoms with E-state index in [0.717, 1.165) is 0 Å². The van der Waals surface area contributed by atoms with Crippen molar-refractivity contribution in [2.45, 2.75) is 0 Å². The number of esters is 2. The molecule has 0 rings (SSSR count). The van der Waals surface area contributed by atoms with Crippen LogP contribution in [0.3, 0.4) is 0 Å². The first-order chi connectivity index (χ1) is 12.9. The third-order valence-electron chi connectivity index (χ3n) is 2.54. The minimum atomic E-state index is -0.901. The molecular formula is C16H24O11. The van der Waals surface area contributed by atoms with Crippen LogP contribution in [-0.2, 0) is 47.5 Å². The van der Waals surface area contributed by atoms with Gasteiger partial charge in [-0.1, -0.05) is 6.58 Å². The largest absolute Gasteiger partial charge is 0.508 e. The molecule has 0 radical (unpaired) electrons. The Bertz CT molecular complexity index is 501.